The Morgan fingerprint density at radius 3 is 2.00 bits per heavy atom. The molecule has 0 aliphatic rings. The van der Waals surface area contributed by atoms with Crippen LogP contribution in [0.25, 0.3) is 0 Å². The van der Waals surface area contributed by atoms with Crippen molar-refractivity contribution in [3.63, 3.8) is 0 Å². The predicted octanol–water partition coefficient (Wildman–Crippen LogP) is 1.95. The van der Waals surface area contributed by atoms with Crippen LogP contribution in [0, 0.1) is 11.3 Å². The summed E-state index contributed by atoms with van der Waals surface area (Å²) in [6, 6.07) is 0. The van der Waals surface area contributed by atoms with E-state index in [2.05, 4.69) is 13.8 Å². The fourth-order valence-electron chi connectivity index (χ4n) is 1.65. The van der Waals surface area contributed by atoms with Crippen molar-refractivity contribution < 1.29 is 9.53 Å². The molecule has 0 spiro atoms. The number of hydrogen-bond donors (Lipinski definition) is 1. The van der Waals surface area contributed by atoms with E-state index >= 15 is 0 Å². The minimum Gasteiger partial charge on any atom is -0.469 e. The summed E-state index contributed by atoms with van der Waals surface area (Å²) >= 11 is 0. The number of hydrogen-bond acceptors (Lipinski definition) is 3. The minimum atomic E-state index is -0.615. The highest BCUT2D eigenvalue weighted by Gasteiger charge is 2.46. The Morgan fingerprint density at radius 2 is 1.79 bits per heavy atom. The molecule has 0 aromatic carbocycles. The van der Waals surface area contributed by atoms with Crippen molar-refractivity contribution in [3.05, 3.63) is 0 Å². The molecule has 0 rings (SSSR count). The maximum Gasteiger partial charge on any atom is 0.313 e. The lowest BCUT2D eigenvalue weighted by molar-refractivity contribution is -0.156. The number of methoxy groups -OCH3 is 1. The van der Waals surface area contributed by atoms with E-state index in [4.69, 9.17) is 10.5 Å². The molecular formula is C11H23NO2. The Kier molecular flexibility index (Phi) is 4.13. The number of carbonyl (C=O) groups excluding carboxylic acids is 1. The van der Waals surface area contributed by atoms with E-state index in [9.17, 15) is 4.79 Å². The molecule has 0 amide bonds. The van der Waals surface area contributed by atoms with Gasteiger partial charge in [0.25, 0.3) is 0 Å². The molecule has 0 aromatic rings. The lowest BCUT2D eigenvalue weighted by Crippen LogP contribution is -2.54. The van der Waals surface area contributed by atoms with Crippen LogP contribution in [-0.2, 0) is 9.53 Å². The average Bonchev–Trinajstić information content (AvgIpc) is 1.99. The van der Waals surface area contributed by atoms with Crippen molar-refractivity contribution in [2.45, 2.75) is 46.6 Å². The second-order valence-electron chi connectivity index (χ2n) is 5.14. The third kappa shape index (κ3) is 2.71. The van der Waals surface area contributed by atoms with Crippen LogP contribution >= 0.6 is 0 Å². The summed E-state index contributed by atoms with van der Waals surface area (Å²) in [6.45, 7) is 9.76. The number of ether oxygens (including phenoxy) is 1. The Labute approximate surface area is 87.0 Å². The van der Waals surface area contributed by atoms with Gasteiger partial charge in [0, 0.05) is 5.54 Å². The molecule has 1 unspecified atom stereocenters. The van der Waals surface area contributed by atoms with Crippen LogP contribution in [-0.4, -0.2) is 18.6 Å². The van der Waals surface area contributed by atoms with Crippen LogP contribution in [0.5, 0.6) is 0 Å². The fraction of sp³-hybridized carbons (Fsp3) is 0.909. The van der Waals surface area contributed by atoms with Crippen molar-refractivity contribution in [3.8, 4) is 0 Å². The van der Waals surface area contributed by atoms with Gasteiger partial charge in [0.2, 0.25) is 0 Å². The lowest BCUT2D eigenvalue weighted by atomic mass is 9.69. The van der Waals surface area contributed by atoms with E-state index in [1.807, 2.05) is 20.8 Å². The first-order chi connectivity index (χ1) is 6.15. The predicted molar refractivity (Wildman–Crippen MR) is 57.8 cm³/mol. The Morgan fingerprint density at radius 1 is 1.36 bits per heavy atom. The van der Waals surface area contributed by atoms with Crippen LogP contribution in [0.3, 0.4) is 0 Å². The normalized spacial score (nSPS) is 16.6. The third-order valence-electron chi connectivity index (χ3n) is 2.87. The fourth-order valence-corrected chi connectivity index (χ4v) is 1.65. The molecule has 0 aliphatic heterocycles. The first kappa shape index (κ1) is 13.4. The minimum absolute atomic E-state index is 0.223. The van der Waals surface area contributed by atoms with Crippen LogP contribution in [0.15, 0.2) is 0 Å². The summed E-state index contributed by atoms with van der Waals surface area (Å²) in [5.74, 6) is 0.195. The number of esters is 1. The highest BCUT2D eigenvalue weighted by molar-refractivity contribution is 5.78. The quantitative estimate of drug-likeness (QED) is 0.707. The molecule has 0 radical (unpaired) electrons. The van der Waals surface area contributed by atoms with Gasteiger partial charge in [0.05, 0.1) is 12.5 Å². The van der Waals surface area contributed by atoms with Crippen LogP contribution in [0.1, 0.15) is 41.0 Å². The van der Waals surface area contributed by atoms with E-state index in [1.54, 1.807) is 0 Å². The molecule has 0 fully saturated rings. The van der Waals surface area contributed by atoms with Crippen LogP contribution in [0.4, 0.5) is 0 Å². The zero-order valence-electron chi connectivity index (χ0n) is 10.2. The molecule has 0 saturated heterocycles. The van der Waals surface area contributed by atoms with Crippen molar-refractivity contribution in [1.29, 1.82) is 0 Å². The summed E-state index contributed by atoms with van der Waals surface area (Å²) in [7, 11) is 1.41. The summed E-state index contributed by atoms with van der Waals surface area (Å²) in [4.78, 5) is 11.7. The topological polar surface area (TPSA) is 52.3 Å². The molecule has 0 aromatic heterocycles. The maximum atomic E-state index is 11.7. The molecular weight excluding hydrogens is 178 g/mol. The smallest absolute Gasteiger partial charge is 0.313 e. The molecule has 3 heteroatoms. The Hall–Kier alpha value is -0.570. The summed E-state index contributed by atoms with van der Waals surface area (Å²) < 4.78 is 4.82. The Bertz CT molecular complexity index is 206. The SMILES string of the molecule is COC(=O)C(C)(CC(C)C)C(C)(C)N. The second kappa shape index (κ2) is 4.30. The summed E-state index contributed by atoms with van der Waals surface area (Å²) in [5, 5.41) is 0. The molecule has 0 heterocycles. The molecule has 0 aliphatic carbocycles. The van der Waals surface area contributed by atoms with Crippen molar-refractivity contribution >= 4 is 5.97 Å². The number of rotatable bonds is 4. The first-order valence-electron chi connectivity index (χ1n) is 5.02. The van der Waals surface area contributed by atoms with Crippen molar-refractivity contribution in [1.82, 2.24) is 0 Å². The van der Waals surface area contributed by atoms with Gasteiger partial charge in [-0.2, -0.15) is 0 Å². The van der Waals surface area contributed by atoms with Gasteiger partial charge in [0.15, 0.2) is 0 Å². The lowest BCUT2D eigenvalue weighted by Gasteiger charge is -2.40. The van der Waals surface area contributed by atoms with Crippen molar-refractivity contribution in [2.75, 3.05) is 7.11 Å². The monoisotopic (exact) mass is 201 g/mol. The Balaban J connectivity index is 4.96. The molecule has 2 N–H and O–H groups in total. The summed E-state index contributed by atoms with van der Waals surface area (Å²) in [5.41, 5.74) is 4.86. The highest BCUT2D eigenvalue weighted by Crippen LogP contribution is 2.36. The maximum absolute atomic E-state index is 11.7. The molecule has 0 saturated carbocycles. The van der Waals surface area contributed by atoms with E-state index in [1.165, 1.54) is 7.11 Å². The van der Waals surface area contributed by atoms with Gasteiger partial charge < -0.3 is 10.5 Å². The zero-order valence-corrected chi connectivity index (χ0v) is 10.2. The molecule has 1 atom stereocenters. The van der Waals surface area contributed by atoms with E-state index < -0.39 is 11.0 Å². The highest BCUT2D eigenvalue weighted by atomic mass is 16.5. The van der Waals surface area contributed by atoms with Gasteiger partial charge >= 0.3 is 5.97 Å². The average molecular weight is 201 g/mol. The molecule has 0 bridgehead atoms. The first-order valence-corrected chi connectivity index (χ1v) is 5.02. The largest absolute Gasteiger partial charge is 0.469 e. The van der Waals surface area contributed by atoms with Gasteiger partial charge in [0.1, 0.15) is 0 Å². The van der Waals surface area contributed by atoms with E-state index in [0.717, 1.165) is 6.42 Å². The van der Waals surface area contributed by atoms with Gasteiger partial charge in [-0.05, 0) is 33.1 Å². The third-order valence-corrected chi connectivity index (χ3v) is 2.87. The molecule has 14 heavy (non-hydrogen) atoms. The molecule has 84 valence electrons. The number of carbonyl (C=O) groups is 1. The van der Waals surface area contributed by atoms with E-state index in [0.29, 0.717) is 5.92 Å². The van der Waals surface area contributed by atoms with Gasteiger partial charge in [-0.25, -0.2) is 0 Å². The number of nitrogens with two attached hydrogens (primary N) is 1. The second-order valence-corrected chi connectivity index (χ2v) is 5.14. The summed E-state index contributed by atoms with van der Waals surface area (Å²) in [6.07, 6.45) is 0.739. The zero-order chi connectivity index (χ0) is 11.6. The van der Waals surface area contributed by atoms with Crippen LogP contribution < -0.4 is 5.73 Å². The van der Waals surface area contributed by atoms with Crippen LogP contribution in [0.2, 0.25) is 0 Å². The van der Waals surface area contributed by atoms with Gasteiger partial charge in [-0.15, -0.1) is 0 Å². The van der Waals surface area contributed by atoms with E-state index in [-0.39, 0.29) is 5.97 Å². The standard InChI is InChI=1S/C11H23NO2/c1-8(2)7-11(5,9(13)14-6)10(3,4)12/h8H,7,12H2,1-6H3. The molecule has 3 nitrogen and oxygen atoms in total. The van der Waals surface area contributed by atoms with Crippen molar-refractivity contribution in [2.24, 2.45) is 17.1 Å². The van der Waals surface area contributed by atoms with Gasteiger partial charge in [-0.3, -0.25) is 4.79 Å². The van der Waals surface area contributed by atoms with Gasteiger partial charge in [-0.1, -0.05) is 13.8 Å².